The van der Waals surface area contributed by atoms with Gasteiger partial charge in [0.15, 0.2) is 5.16 Å². The molecule has 1 aromatic heterocycles. The number of hydrogen-bond donors (Lipinski definition) is 0. The number of hydrogen-bond acceptors (Lipinski definition) is 5. The minimum atomic E-state index is -0.212. The predicted molar refractivity (Wildman–Crippen MR) is 101 cm³/mol. The summed E-state index contributed by atoms with van der Waals surface area (Å²) >= 11 is 1.54. The molecule has 138 valence electrons. The largest absolute Gasteiger partial charge is 0.335 e. The van der Waals surface area contributed by atoms with E-state index in [1.54, 1.807) is 18.2 Å². The van der Waals surface area contributed by atoms with Crippen LogP contribution >= 0.6 is 11.8 Å². The number of piperazine rings is 1. The fourth-order valence-electron chi connectivity index (χ4n) is 3.01. The Kier molecular flexibility index (Phi) is 6.21. The van der Waals surface area contributed by atoms with Crippen molar-refractivity contribution >= 4 is 17.7 Å². The molecule has 1 aromatic carbocycles. The SMILES string of the molecule is CCSc1nc(C)cc(C(=O)N2CCN(Cc3cccc(F)c3)CC2)n1. The predicted octanol–water partition coefficient (Wildman–Crippen LogP) is 2.99. The first-order valence-corrected chi connectivity index (χ1v) is 9.78. The van der Waals surface area contributed by atoms with Crippen molar-refractivity contribution < 1.29 is 9.18 Å². The van der Waals surface area contributed by atoms with Crippen LogP contribution in [0.1, 0.15) is 28.7 Å². The van der Waals surface area contributed by atoms with Gasteiger partial charge in [-0.2, -0.15) is 0 Å². The number of aryl methyl sites for hydroxylation is 1. The third kappa shape index (κ3) is 4.80. The minimum Gasteiger partial charge on any atom is -0.335 e. The summed E-state index contributed by atoms with van der Waals surface area (Å²) in [5, 5.41) is 0.653. The van der Waals surface area contributed by atoms with Crippen LogP contribution in [-0.2, 0) is 6.54 Å². The van der Waals surface area contributed by atoms with Crippen LogP contribution in [0.25, 0.3) is 0 Å². The second kappa shape index (κ2) is 8.60. The topological polar surface area (TPSA) is 49.3 Å². The summed E-state index contributed by atoms with van der Waals surface area (Å²) in [6.07, 6.45) is 0. The van der Waals surface area contributed by atoms with Crippen molar-refractivity contribution in [2.45, 2.75) is 25.5 Å². The summed E-state index contributed by atoms with van der Waals surface area (Å²) < 4.78 is 13.3. The maximum absolute atomic E-state index is 13.3. The van der Waals surface area contributed by atoms with E-state index >= 15 is 0 Å². The summed E-state index contributed by atoms with van der Waals surface area (Å²) in [4.78, 5) is 25.6. The number of carbonyl (C=O) groups is 1. The highest BCUT2D eigenvalue weighted by Gasteiger charge is 2.23. The molecule has 5 nitrogen and oxygen atoms in total. The van der Waals surface area contributed by atoms with Crippen LogP contribution in [0.4, 0.5) is 4.39 Å². The van der Waals surface area contributed by atoms with Crippen LogP contribution in [0.15, 0.2) is 35.5 Å². The highest BCUT2D eigenvalue weighted by Crippen LogP contribution is 2.16. The number of thioether (sulfide) groups is 1. The first kappa shape index (κ1) is 18.8. The Labute approximate surface area is 157 Å². The molecule has 0 saturated carbocycles. The first-order valence-electron chi connectivity index (χ1n) is 8.79. The third-order valence-electron chi connectivity index (χ3n) is 4.28. The summed E-state index contributed by atoms with van der Waals surface area (Å²) in [5.41, 5.74) is 2.23. The van der Waals surface area contributed by atoms with Gasteiger partial charge in [0.1, 0.15) is 11.5 Å². The fourth-order valence-corrected chi connectivity index (χ4v) is 3.64. The quantitative estimate of drug-likeness (QED) is 0.595. The molecule has 0 N–H and O–H groups in total. The molecular weight excluding hydrogens is 351 g/mol. The number of aromatic nitrogens is 2. The highest BCUT2D eigenvalue weighted by molar-refractivity contribution is 7.99. The molecule has 0 aliphatic carbocycles. The van der Waals surface area contributed by atoms with Crippen molar-refractivity contribution in [1.29, 1.82) is 0 Å². The van der Waals surface area contributed by atoms with Crippen LogP contribution in [0, 0.1) is 12.7 Å². The van der Waals surface area contributed by atoms with Crippen molar-refractivity contribution in [3.05, 3.63) is 53.1 Å². The summed E-state index contributed by atoms with van der Waals surface area (Å²) in [5.74, 6) is 0.616. The molecule has 2 aromatic rings. The zero-order valence-corrected chi connectivity index (χ0v) is 15.9. The molecule has 3 rings (SSSR count). The van der Waals surface area contributed by atoms with Gasteiger partial charge in [0.05, 0.1) is 0 Å². The molecule has 1 aliphatic rings. The number of amides is 1. The van der Waals surface area contributed by atoms with E-state index in [0.29, 0.717) is 30.5 Å². The fraction of sp³-hybridized carbons (Fsp3) is 0.421. The van der Waals surface area contributed by atoms with Gasteiger partial charge in [-0.25, -0.2) is 14.4 Å². The molecular formula is C19H23FN4OS. The van der Waals surface area contributed by atoms with Crippen molar-refractivity contribution in [3.8, 4) is 0 Å². The number of halogens is 1. The lowest BCUT2D eigenvalue weighted by Gasteiger charge is -2.34. The van der Waals surface area contributed by atoms with E-state index in [9.17, 15) is 9.18 Å². The van der Waals surface area contributed by atoms with Gasteiger partial charge in [-0.15, -0.1) is 0 Å². The molecule has 1 aliphatic heterocycles. The Bertz CT molecular complexity index is 778. The normalized spacial score (nSPS) is 15.3. The van der Waals surface area contributed by atoms with E-state index in [0.717, 1.165) is 30.1 Å². The number of benzene rings is 1. The zero-order chi connectivity index (χ0) is 18.5. The van der Waals surface area contributed by atoms with E-state index in [1.165, 1.54) is 17.8 Å². The van der Waals surface area contributed by atoms with Crippen molar-refractivity contribution in [2.24, 2.45) is 0 Å². The van der Waals surface area contributed by atoms with Gasteiger partial charge >= 0.3 is 0 Å². The molecule has 1 fully saturated rings. The molecule has 1 amide bonds. The minimum absolute atomic E-state index is 0.0427. The number of nitrogens with zero attached hydrogens (tertiary/aromatic N) is 4. The Hall–Kier alpha value is -1.99. The highest BCUT2D eigenvalue weighted by atomic mass is 32.2. The van der Waals surface area contributed by atoms with Crippen molar-refractivity contribution in [2.75, 3.05) is 31.9 Å². The molecule has 1 saturated heterocycles. The average molecular weight is 374 g/mol. The van der Waals surface area contributed by atoms with Crippen LogP contribution in [0.3, 0.4) is 0 Å². The van der Waals surface area contributed by atoms with E-state index in [-0.39, 0.29) is 11.7 Å². The lowest BCUT2D eigenvalue weighted by atomic mass is 10.2. The van der Waals surface area contributed by atoms with Crippen molar-refractivity contribution in [1.82, 2.24) is 19.8 Å². The number of rotatable bonds is 5. The first-order chi connectivity index (χ1) is 12.5. The Morgan fingerprint density at radius 2 is 1.96 bits per heavy atom. The van der Waals surface area contributed by atoms with E-state index < -0.39 is 0 Å². The second-order valence-corrected chi connectivity index (χ2v) is 7.54. The van der Waals surface area contributed by atoms with Gasteiger partial charge in [-0.3, -0.25) is 9.69 Å². The average Bonchev–Trinajstić information content (AvgIpc) is 2.62. The van der Waals surface area contributed by atoms with Crippen LogP contribution in [-0.4, -0.2) is 57.6 Å². The maximum Gasteiger partial charge on any atom is 0.272 e. The molecule has 0 atom stereocenters. The third-order valence-corrected chi connectivity index (χ3v) is 5.01. The van der Waals surface area contributed by atoms with Gasteiger partial charge in [-0.1, -0.05) is 30.8 Å². The van der Waals surface area contributed by atoms with E-state index in [4.69, 9.17) is 0 Å². The van der Waals surface area contributed by atoms with Crippen LogP contribution in [0.5, 0.6) is 0 Å². The molecule has 0 unspecified atom stereocenters. The van der Waals surface area contributed by atoms with E-state index in [1.807, 2.05) is 24.8 Å². The molecule has 26 heavy (non-hydrogen) atoms. The smallest absolute Gasteiger partial charge is 0.272 e. The molecule has 0 spiro atoms. The standard InChI is InChI=1S/C19H23FN4OS/c1-3-26-19-21-14(2)11-17(22-19)18(25)24-9-7-23(8-10-24)13-15-5-4-6-16(20)12-15/h4-6,11-12H,3,7-10,13H2,1-2H3. The van der Waals surface area contributed by atoms with E-state index in [2.05, 4.69) is 14.9 Å². The van der Waals surface area contributed by atoms with Gasteiger partial charge in [0.25, 0.3) is 5.91 Å². The monoisotopic (exact) mass is 374 g/mol. The van der Waals surface area contributed by atoms with Gasteiger partial charge < -0.3 is 4.90 Å². The lowest BCUT2D eigenvalue weighted by Crippen LogP contribution is -2.48. The van der Waals surface area contributed by atoms with Gasteiger partial charge in [0.2, 0.25) is 0 Å². The van der Waals surface area contributed by atoms with Gasteiger partial charge in [0, 0.05) is 38.4 Å². The molecule has 2 heterocycles. The maximum atomic E-state index is 13.3. The van der Waals surface area contributed by atoms with Crippen LogP contribution in [0.2, 0.25) is 0 Å². The Morgan fingerprint density at radius 3 is 2.65 bits per heavy atom. The summed E-state index contributed by atoms with van der Waals surface area (Å²) in [7, 11) is 0. The zero-order valence-electron chi connectivity index (χ0n) is 15.1. The Balaban J connectivity index is 1.60. The number of carbonyl (C=O) groups excluding carboxylic acids is 1. The van der Waals surface area contributed by atoms with Crippen LogP contribution < -0.4 is 0 Å². The molecule has 0 radical (unpaired) electrons. The van der Waals surface area contributed by atoms with Gasteiger partial charge in [-0.05, 0) is 36.4 Å². The molecule has 0 bridgehead atoms. The lowest BCUT2D eigenvalue weighted by molar-refractivity contribution is 0.0621. The second-order valence-electron chi connectivity index (χ2n) is 6.31. The summed E-state index contributed by atoms with van der Waals surface area (Å²) in [6.45, 7) is 7.45. The van der Waals surface area contributed by atoms with Crippen molar-refractivity contribution in [3.63, 3.8) is 0 Å². The summed E-state index contributed by atoms with van der Waals surface area (Å²) in [6, 6.07) is 8.43. The Morgan fingerprint density at radius 1 is 1.19 bits per heavy atom. The molecule has 7 heteroatoms.